The van der Waals surface area contributed by atoms with Gasteiger partial charge in [-0.05, 0) is 44.0 Å². The molecule has 0 amide bonds. The number of para-hydroxylation sites is 1. The first-order valence-electron chi connectivity index (χ1n) is 6.03. The van der Waals surface area contributed by atoms with Crippen LogP contribution >= 0.6 is 31.9 Å². The van der Waals surface area contributed by atoms with E-state index in [1.54, 1.807) is 18.2 Å². The van der Waals surface area contributed by atoms with Gasteiger partial charge < -0.3 is 5.32 Å². The summed E-state index contributed by atoms with van der Waals surface area (Å²) in [6, 6.07) is 6.52. The van der Waals surface area contributed by atoms with E-state index in [1.165, 1.54) is 6.07 Å². The van der Waals surface area contributed by atoms with Crippen LogP contribution in [0.15, 0.2) is 33.3 Å². The average Bonchev–Trinajstić information content (AvgIpc) is 2.32. The largest absolute Gasteiger partial charge is 0.337 e. The van der Waals surface area contributed by atoms with Crippen molar-refractivity contribution in [2.75, 3.05) is 5.32 Å². The summed E-state index contributed by atoms with van der Waals surface area (Å²) in [7, 11) is 0. The first-order chi connectivity index (χ1) is 9.27. The summed E-state index contributed by atoms with van der Waals surface area (Å²) in [6.07, 6.45) is 0. The molecule has 2 rings (SSSR count). The minimum atomic E-state index is -0.341. The van der Waals surface area contributed by atoms with E-state index in [1.807, 2.05) is 20.8 Å². The fraction of sp³-hybridized carbons (Fsp3) is 0.286. The lowest BCUT2D eigenvalue weighted by atomic mass is 9.96. The van der Waals surface area contributed by atoms with Gasteiger partial charge in [-0.1, -0.05) is 26.8 Å². The molecule has 6 heteroatoms. The molecule has 0 saturated carbocycles. The van der Waals surface area contributed by atoms with E-state index in [4.69, 9.17) is 0 Å². The summed E-state index contributed by atoms with van der Waals surface area (Å²) in [5.74, 6) is 0.885. The Morgan fingerprint density at radius 3 is 2.45 bits per heavy atom. The first kappa shape index (κ1) is 15.4. The molecule has 0 unspecified atom stereocenters. The van der Waals surface area contributed by atoms with Gasteiger partial charge in [0, 0.05) is 16.0 Å². The normalized spacial score (nSPS) is 11.5. The Bertz CT molecular complexity index is 619. The van der Waals surface area contributed by atoms with E-state index in [2.05, 4.69) is 47.1 Å². The number of anilines is 2. The second-order valence-corrected chi connectivity index (χ2v) is 7.04. The average molecular weight is 403 g/mol. The fourth-order valence-electron chi connectivity index (χ4n) is 1.56. The van der Waals surface area contributed by atoms with Gasteiger partial charge in [-0.3, -0.25) is 0 Å². The second-order valence-electron chi connectivity index (χ2n) is 5.37. The van der Waals surface area contributed by atoms with Crippen LogP contribution in [-0.4, -0.2) is 9.97 Å². The molecule has 0 fully saturated rings. The molecule has 0 saturated heterocycles. The molecule has 0 atom stereocenters. The molecule has 0 aliphatic carbocycles. The highest BCUT2D eigenvalue weighted by Crippen LogP contribution is 2.29. The third kappa shape index (κ3) is 3.55. The number of hydrogen-bond acceptors (Lipinski definition) is 3. The summed E-state index contributed by atoms with van der Waals surface area (Å²) in [6.45, 7) is 6.08. The molecule has 1 aromatic heterocycles. The van der Waals surface area contributed by atoms with E-state index in [0.29, 0.717) is 26.4 Å². The molecular weight excluding hydrogens is 389 g/mol. The zero-order valence-electron chi connectivity index (χ0n) is 11.3. The number of benzene rings is 1. The number of nitrogens with one attached hydrogen (secondary N) is 1. The molecule has 20 heavy (non-hydrogen) atoms. The van der Waals surface area contributed by atoms with Gasteiger partial charge in [-0.25, -0.2) is 14.4 Å². The Morgan fingerprint density at radius 1 is 1.15 bits per heavy atom. The van der Waals surface area contributed by atoms with Crippen molar-refractivity contribution in [1.82, 2.24) is 9.97 Å². The Hall–Kier alpha value is -1.01. The SMILES string of the molecule is CC(C)(C)c1nc(Br)cc(Nc2c(F)cccc2Br)n1. The van der Waals surface area contributed by atoms with Gasteiger partial charge in [0.15, 0.2) is 0 Å². The van der Waals surface area contributed by atoms with Crippen LogP contribution in [0.25, 0.3) is 0 Å². The van der Waals surface area contributed by atoms with Gasteiger partial charge in [0.25, 0.3) is 0 Å². The highest BCUT2D eigenvalue weighted by Gasteiger charge is 2.19. The molecule has 0 aliphatic heterocycles. The van der Waals surface area contributed by atoms with E-state index in [9.17, 15) is 4.39 Å². The Morgan fingerprint density at radius 2 is 1.85 bits per heavy atom. The fourth-order valence-corrected chi connectivity index (χ4v) is 2.39. The van der Waals surface area contributed by atoms with E-state index < -0.39 is 0 Å². The number of hydrogen-bond donors (Lipinski definition) is 1. The summed E-state index contributed by atoms with van der Waals surface area (Å²) in [5.41, 5.74) is 0.171. The van der Waals surface area contributed by atoms with Crippen molar-refractivity contribution in [2.45, 2.75) is 26.2 Å². The maximum absolute atomic E-state index is 13.8. The lowest BCUT2D eigenvalue weighted by Crippen LogP contribution is -2.17. The number of aromatic nitrogens is 2. The number of nitrogens with zero attached hydrogens (tertiary/aromatic N) is 2. The zero-order valence-corrected chi connectivity index (χ0v) is 14.5. The van der Waals surface area contributed by atoms with Crippen molar-refractivity contribution in [3.05, 3.63) is 45.0 Å². The highest BCUT2D eigenvalue weighted by molar-refractivity contribution is 9.10. The zero-order chi connectivity index (χ0) is 14.9. The van der Waals surface area contributed by atoms with Gasteiger partial charge in [-0.2, -0.15) is 0 Å². The molecule has 1 N–H and O–H groups in total. The molecule has 0 aliphatic rings. The van der Waals surface area contributed by atoms with Crippen molar-refractivity contribution < 1.29 is 4.39 Å². The van der Waals surface area contributed by atoms with Crippen molar-refractivity contribution in [1.29, 1.82) is 0 Å². The summed E-state index contributed by atoms with van der Waals surface area (Å²) in [5, 5.41) is 2.99. The maximum Gasteiger partial charge on any atom is 0.147 e. The van der Waals surface area contributed by atoms with Gasteiger partial charge in [0.1, 0.15) is 22.1 Å². The van der Waals surface area contributed by atoms with Crippen LogP contribution in [-0.2, 0) is 5.41 Å². The monoisotopic (exact) mass is 401 g/mol. The first-order valence-corrected chi connectivity index (χ1v) is 7.62. The highest BCUT2D eigenvalue weighted by atomic mass is 79.9. The molecule has 0 bridgehead atoms. The smallest absolute Gasteiger partial charge is 0.147 e. The molecular formula is C14H14Br2FN3. The topological polar surface area (TPSA) is 37.8 Å². The molecule has 1 aromatic carbocycles. The predicted octanol–water partition coefficient (Wildman–Crippen LogP) is 5.18. The van der Waals surface area contributed by atoms with Crippen molar-refractivity contribution in [2.24, 2.45) is 0 Å². The summed E-state index contributed by atoms with van der Waals surface area (Å²) >= 11 is 6.68. The van der Waals surface area contributed by atoms with Crippen molar-refractivity contribution in [3.63, 3.8) is 0 Å². The van der Waals surface area contributed by atoms with Crippen molar-refractivity contribution in [3.8, 4) is 0 Å². The van der Waals surface area contributed by atoms with Gasteiger partial charge in [0.05, 0.1) is 5.69 Å². The number of halogens is 3. The number of rotatable bonds is 2. The van der Waals surface area contributed by atoms with E-state index in [0.717, 1.165) is 0 Å². The second kappa shape index (κ2) is 5.77. The third-order valence-corrected chi connectivity index (χ3v) is 3.65. The molecule has 1 heterocycles. The molecule has 0 radical (unpaired) electrons. The minimum Gasteiger partial charge on any atom is -0.337 e. The summed E-state index contributed by atoms with van der Waals surface area (Å²) < 4.78 is 15.1. The molecule has 3 nitrogen and oxygen atoms in total. The van der Waals surface area contributed by atoms with Crippen molar-refractivity contribution >= 4 is 43.4 Å². The molecule has 0 spiro atoms. The van der Waals surface area contributed by atoms with Crippen LogP contribution in [0, 0.1) is 5.82 Å². The minimum absolute atomic E-state index is 0.188. The lowest BCUT2D eigenvalue weighted by Gasteiger charge is -2.18. The quantitative estimate of drug-likeness (QED) is 0.703. The third-order valence-electron chi connectivity index (χ3n) is 2.58. The van der Waals surface area contributed by atoms with Gasteiger partial charge >= 0.3 is 0 Å². The Kier molecular flexibility index (Phi) is 4.44. The van der Waals surface area contributed by atoms with Gasteiger partial charge in [0.2, 0.25) is 0 Å². The standard InChI is InChI=1S/C14H14Br2FN3/c1-14(2,3)13-18-10(16)7-11(20-13)19-12-8(15)5-4-6-9(12)17/h4-7H,1-3H3,(H,18,19,20). The van der Waals surface area contributed by atoms with Crippen LogP contribution in [0.5, 0.6) is 0 Å². The molecule has 2 aromatic rings. The molecule has 106 valence electrons. The van der Waals surface area contributed by atoms with Gasteiger partial charge in [-0.15, -0.1) is 0 Å². The summed E-state index contributed by atoms with van der Waals surface area (Å²) in [4.78, 5) is 8.79. The predicted molar refractivity (Wildman–Crippen MR) is 85.8 cm³/mol. The Balaban J connectivity index is 2.42. The van der Waals surface area contributed by atoms with Crippen LogP contribution in [0.1, 0.15) is 26.6 Å². The van der Waals surface area contributed by atoms with Crippen LogP contribution in [0.2, 0.25) is 0 Å². The Labute approximate surface area is 134 Å². The van der Waals surface area contributed by atoms with E-state index in [-0.39, 0.29) is 11.2 Å². The van der Waals surface area contributed by atoms with Crippen LogP contribution < -0.4 is 5.32 Å². The van der Waals surface area contributed by atoms with E-state index >= 15 is 0 Å². The maximum atomic E-state index is 13.8. The lowest BCUT2D eigenvalue weighted by molar-refractivity contribution is 0.544. The van der Waals surface area contributed by atoms with Crippen LogP contribution in [0.4, 0.5) is 15.9 Å². The van der Waals surface area contributed by atoms with Crippen LogP contribution in [0.3, 0.4) is 0 Å².